The van der Waals surface area contributed by atoms with Crippen LogP contribution in [0.2, 0.25) is 5.02 Å². The van der Waals surface area contributed by atoms with E-state index < -0.39 is 5.97 Å². The van der Waals surface area contributed by atoms with Gasteiger partial charge in [0.05, 0.1) is 12.5 Å². The predicted molar refractivity (Wildman–Crippen MR) is 82.7 cm³/mol. The van der Waals surface area contributed by atoms with E-state index in [2.05, 4.69) is 0 Å². The average Bonchev–Trinajstić information content (AvgIpc) is 2.49. The molecule has 1 saturated heterocycles. The van der Waals surface area contributed by atoms with E-state index in [0.717, 1.165) is 24.8 Å². The third-order valence-electron chi connectivity index (χ3n) is 3.64. The molecule has 1 heterocycles. The number of ether oxygens (including phenoxy) is 1. The largest absolute Gasteiger partial charge is 0.480 e. The number of carbonyl (C=O) groups excluding carboxylic acids is 1. The minimum Gasteiger partial charge on any atom is -0.480 e. The van der Waals surface area contributed by atoms with Gasteiger partial charge in [0.1, 0.15) is 6.54 Å². The first-order chi connectivity index (χ1) is 10.5. The monoisotopic (exact) mass is 325 g/mol. The summed E-state index contributed by atoms with van der Waals surface area (Å²) in [6.45, 7) is 0.622. The number of halogens is 1. The van der Waals surface area contributed by atoms with Crippen molar-refractivity contribution in [1.82, 2.24) is 4.90 Å². The van der Waals surface area contributed by atoms with Crippen molar-refractivity contribution in [2.75, 3.05) is 13.2 Å². The number of hydrogen-bond acceptors (Lipinski definition) is 3. The molecule has 1 amide bonds. The Kier molecular flexibility index (Phi) is 6.21. The van der Waals surface area contributed by atoms with Crippen LogP contribution in [0.3, 0.4) is 0 Å². The van der Waals surface area contributed by atoms with Gasteiger partial charge in [0.2, 0.25) is 5.91 Å². The summed E-state index contributed by atoms with van der Waals surface area (Å²) in [5, 5.41) is 9.62. The Hall–Kier alpha value is -1.59. The van der Waals surface area contributed by atoms with Crippen molar-refractivity contribution in [2.24, 2.45) is 0 Å². The lowest BCUT2D eigenvalue weighted by atomic mass is 10.1. The highest BCUT2D eigenvalue weighted by Gasteiger charge is 2.23. The van der Waals surface area contributed by atoms with Crippen LogP contribution in [0.1, 0.15) is 31.2 Å². The molecule has 1 aliphatic heterocycles. The minimum absolute atomic E-state index is 0.0947. The molecule has 1 aromatic carbocycles. The van der Waals surface area contributed by atoms with Gasteiger partial charge in [0, 0.05) is 18.2 Å². The van der Waals surface area contributed by atoms with Gasteiger partial charge in [-0.25, -0.2) is 0 Å². The zero-order valence-corrected chi connectivity index (χ0v) is 13.1. The molecule has 0 aromatic heterocycles. The number of carboxylic acid groups (broad SMARTS) is 1. The second-order valence-corrected chi connectivity index (χ2v) is 5.90. The molecular formula is C16H20ClNO4. The zero-order chi connectivity index (χ0) is 15.9. The van der Waals surface area contributed by atoms with E-state index in [-0.39, 0.29) is 31.5 Å². The van der Waals surface area contributed by atoms with Crippen LogP contribution in [0, 0.1) is 0 Å². The average molecular weight is 326 g/mol. The third kappa shape index (κ3) is 5.31. The maximum atomic E-state index is 12.4. The van der Waals surface area contributed by atoms with E-state index in [1.54, 1.807) is 24.3 Å². The van der Waals surface area contributed by atoms with Crippen LogP contribution in [-0.4, -0.2) is 41.1 Å². The van der Waals surface area contributed by atoms with Gasteiger partial charge >= 0.3 is 5.97 Å². The summed E-state index contributed by atoms with van der Waals surface area (Å²) in [6, 6.07) is 7.04. The molecule has 1 aromatic rings. The maximum absolute atomic E-state index is 12.4. The van der Waals surface area contributed by atoms with Gasteiger partial charge in [0.15, 0.2) is 0 Å². The van der Waals surface area contributed by atoms with E-state index in [4.69, 9.17) is 21.4 Å². The van der Waals surface area contributed by atoms with Gasteiger partial charge in [-0.05, 0) is 37.0 Å². The third-order valence-corrected chi connectivity index (χ3v) is 3.89. The van der Waals surface area contributed by atoms with E-state index >= 15 is 0 Å². The number of rotatable bonds is 6. The van der Waals surface area contributed by atoms with Crippen LogP contribution in [0.4, 0.5) is 0 Å². The fourth-order valence-electron chi connectivity index (χ4n) is 2.50. The van der Waals surface area contributed by atoms with Crippen LogP contribution in [0.5, 0.6) is 0 Å². The molecule has 0 bridgehead atoms. The Bertz CT molecular complexity index is 511. The Morgan fingerprint density at radius 1 is 1.27 bits per heavy atom. The first-order valence-corrected chi connectivity index (χ1v) is 7.78. The first-order valence-electron chi connectivity index (χ1n) is 7.40. The number of carboxylic acids is 1. The molecule has 1 fully saturated rings. The van der Waals surface area contributed by atoms with Gasteiger partial charge in [-0.1, -0.05) is 23.7 Å². The molecule has 1 atom stereocenters. The Morgan fingerprint density at radius 3 is 2.59 bits per heavy atom. The van der Waals surface area contributed by atoms with Crippen LogP contribution in [-0.2, 0) is 20.9 Å². The number of amides is 1. The van der Waals surface area contributed by atoms with Crippen LogP contribution in [0.15, 0.2) is 24.3 Å². The lowest BCUT2D eigenvalue weighted by Gasteiger charge is -2.26. The molecule has 1 aliphatic rings. The van der Waals surface area contributed by atoms with Gasteiger partial charge < -0.3 is 14.7 Å². The summed E-state index contributed by atoms with van der Waals surface area (Å²) in [7, 11) is 0. The SMILES string of the molecule is O=C(O)CN(Cc1ccc(Cl)cc1)C(=O)CC1CCCCO1. The number of benzene rings is 1. The number of hydrogen-bond donors (Lipinski definition) is 1. The van der Waals surface area contributed by atoms with Crippen LogP contribution in [0.25, 0.3) is 0 Å². The molecule has 1 N–H and O–H groups in total. The summed E-state index contributed by atoms with van der Waals surface area (Å²) < 4.78 is 5.56. The molecule has 0 spiro atoms. The molecular weight excluding hydrogens is 306 g/mol. The van der Waals surface area contributed by atoms with E-state index in [1.165, 1.54) is 4.90 Å². The summed E-state index contributed by atoms with van der Waals surface area (Å²) >= 11 is 5.83. The van der Waals surface area contributed by atoms with Crippen molar-refractivity contribution in [3.05, 3.63) is 34.9 Å². The Balaban J connectivity index is 1.99. The van der Waals surface area contributed by atoms with E-state index in [9.17, 15) is 9.59 Å². The minimum atomic E-state index is -1.02. The van der Waals surface area contributed by atoms with E-state index in [1.807, 2.05) is 0 Å². The Morgan fingerprint density at radius 2 is 2.00 bits per heavy atom. The van der Waals surface area contributed by atoms with Crippen molar-refractivity contribution < 1.29 is 19.4 Å². The van der Waals surface area contributed by atoms with Crippen LogP contribution >= 0.6 is 11.6 Å². The highest BCUT2D eigenvalue weighted by molar-refractivity contribution is 6.30. The summed E-state index contributed by atoms with van der Waals surface area (Å²) in [5.41, 5.74) is 0.851. The second-order valence-electron chi connectivity index (χ2n) is 5.46. The smallest absolute Gasteiger partial charge is 0.323 e. The van der Waals surface area contributed by atoms with Gasteiger partial charge in [-0.3, -0.25) is 9.59 Å². The standard InChI is InChI=1S/C16H20ClNO4/c17-13-6-4-12(5-7-13)10-18(11-16(20)21)15(19)9-14-3-1-2-8-22-14/h4-7,14H,1-3,8-11H2,(H,20,21). The molecule has 2 rings (SSSR count). The molecule has 0 aliphatic carbocycles. The number of nitrogens with zero attached hydrogens (tertiary/aromatic N) is 1. The van der Waals surface area contributed by atoms with Gasteiger partial charge in [-0.15, -0.1) is 0 Å². The molecule has 1 unspecified atom stereocenters. The van der Waals surface area contributed by atoms with E-state index in [0.29, 0.717) is 11.6 Å². The number of aliphatic carboxylic acids is 1. The summed E-state index contributed by atoms with van der Waals surface area (Å²) in [5.74, 6) is -1.21. The second kappa shape index (κ2) is 8.15. The van der Waals surface area contributed by atoms with Gasteiger partial charge in [-0.2, -0.15) is 0 Å². The highest BCUT2D eigenvalue weighted by atomic mass is 35.5. The fraction of sp³-hybridized carbons (Fsp3) is 0.500. The molecule has 0 saturated carbocycles. The van der Waals surface area contributed by atoms with Crippen molar-refractivity contribution in [3.63, 3.8) is 0 Å². The van der Waals surface area contributed by atoms with Crippen molar-refractivity contribution in [3.8, 4) is 0 Å². The molecule has 5 nitrogen and oxygen atoms in total. The quantitative estimate of drug-likeness (QED) is 0.873. The number of carbonyl (C=O) groups is 2. The van der Waals surface area contributed by atoms with Crippen molar-refractivity contribution in [2.45, 2.75) is 38.3 Å². The lowest BCUT2D eigenvalue weighted by Crippen LogP contribution is -2.37. The lowest BCUT2D eigenvalue weighted by molar-refractivity contribution is -0.146. The predicted octanol–water partition coefficient (Wildman–Crippen LogP) is 2.71. The molecule has 0 radical (unpaired) electrons. The summed E-state index contributed by atoms with van der Waals surface area (Å²) in [4.78, 5) is 24.7. The molecule has 120 valence electrons. The van der Waals surface area contributed by atoms with Gasteiger partial charge in [0.25, 0.3) is 0 Å². The maximum Gasteiger partial charge on any atom is 0.323 e. The first kappa shape index (κ1) is 16.8. The highest BCUT2D eigenvalue weighted by Crippen LogP contribution is 2.18. The van der Waals surface area contributed by atoms with Crippen molar-refractivity contribution in [1.29, 1.82) is 0 Å². The normalized spacial score (nSPS) is 18.0. The molecule has 6 heteroatoms. The zero-order valence-electron chi connectivity index (χ0n) is 12.3. The summed E-state index contributed by atoms with van der Waals surface area (Å²) in [6.07, 6.45) is 3.07. The Labute approximate surface area is 134 Å². The fourth-order valence-corrected chi connectivity index (χ4v) is 2.62. The van der Waals surface area contributed by atoms with Crippen LogP contribution < -0.4 is 0 Å². The topological polar surface area (TPSA) is 66.8 Å². The van der Waals surface area contributed by atoms with Crippen molar-refractivity contribution >= 4 is 23.5 Å². The molecule has 22 heavy (non-hydrogen) atoms.